The van der Waals surface area contributed by atoms with E-state index in [0.717, 1.165) is 22.7 Å². The lowest BCUT2D eigenvalue weighted by atomic mass is 10.1. The summed E-state index contributed by atoms with van der Waals surface area (Å²) in [7, 11) is 0. The van der Waals surface area contributed by atoms with Crippen molar-refractivity contribution in [2.45, 2.75) is 45.6 Å². The quantitative estimate of drug-likeness (QED) is 0.855. The van der Waals surface area contributed by atoms with Crippen molar-refractivity contribution in [1.29, 1.82) is 0 Å². The first-order valence-corrected chi connectivity index (χ1v) is 8.37. The number of anilines is 1. The molecule has 2 aromatic rings. The van der Waals surface area contributed by atoms with E-state index in [2.05, 4.69) is 29.1 Å². The number of aromatic nitrogens is 2. The standard InChI is InChI=1S/C16H22N4OS/c1-4-5-12(17)15(21)19-14-9-22-16(20-14)11-6-7-13(10(2)3)18-8-11/h6-10,12H,4-5,17H2,1-3H3,(H,19,21)/t12-/m0/s1. The second-order valence-electron chi connectivity index (χ2n) is 5.55. The van der Waals surface area contributed by atoms with E-state index >= 15 is 0 Å². The Labute approximate surface area is 135 Å². The molecule has 0 aliphatic carbocycles. The number of rotatable bonds is 6. The van der Waals surface area contributed by atoms with Gasteiger partial charge < -0.3 is 11.1 Å². The highest BCUT2D eigenvalue weighted by molar-refractivity contribution is 7.13. The van der Waals surface area contributed by atoms with Gasteiger partial charge in [-0.25, -0.2) is 4.98 Å². The van der Waals surface area contributed by atoms with E-state index in [1.807, 2.05) is 30.6 Å². The fourth-order valence-corrected chi connectivity index (χ4v) is 2.74. The van der Waals surface area contributed by atoms with Crippen molar-refractivity contribution in [3.63, 3.8) is 0 Å². The zero-order valence-electron chi connectivity index (χ0n) is 13.2. The van der Waals surface area contributed by atoms with E-state index in [1.54, 1.807) is 0 Å². The van der Waals surface area contributed by atoms with Gasteiger partial charge in [-0.15, -0.1) is 11.3 Å². The molecule has 1 atom stereocenters. The molecule has 0 bridgehead atoms. The molecule has 118 valence electrons. The third-order valence-corrected chi connectivity index (χ3v) is 4.21. The Kier molecular flexibility index (Phi) is 5.63. The summed E-state index contributed by atoms with van der Waals surface area (Å²) in [5.74, 6) is 0.761. The molecule has 22 heavy (non-hydrogen) atoms. The maximum atomic E-state index is 11.9. The smallest absolute Gasteiger partial charge is 0.242 e. The van der Waals surface area contributed by atoms with Crippen LogP contribution in [-0.2, 0) is 4.79 Å². The Morgan fingerprint density at radius 1 is 1.41 bits per heavy atom. The summed E-state index contributed by atoms with van der Waals surface area (Å²) in [4.78, 5) is 20.7. The molecule has 0 aromatic carbocycles. The van der Waals surface area contributed by atoms with Gasteiger partial charge in [0.25, 0.3) is 0 Å². The SMILES string of the molecule is CCC[C@H](N)C(=O)Nc1csc(-c2ccc(C(C)C)nc2)n1. The Morgan fingerprint density at radius 2 is 2.18 bits per heavy atom. The topological polar surface area (TPSA) is 80.9 Å². The summed E-state index contributed by atoms with van der Waals surface area (Å²) in [5.41, 5.74) is 7.80. The van der Waals surface area contributed by atoms with Gasteiger partial charge in [-0.2, -0.15) is 0 Å². The molecule has 0 aliphatic rings. The lowest BCUT2D eigenvalue weighted by Gasteiger charge is -2.08. The van der Waals surface area contributed by atoms with Gasteiger partial charge >= 0.3 is 0 Å². The fraction of sp³-hybridized carbons (Fsp3) is 0.438. The molecule has 2 rings (SSSR count). The molecule has 0 saturated heterocycles. The van der Waals surface area contributed by atoms with Gasteiger partial charge in [0.1, 0.15) is 10.8 Å². The van der Waals surface area contributed by atoms with Crippen LogP contribution in [0.2, 0.25) is 0 Å². The van der Waals surface area contributed by atoms with Crippen molar-refractivity contribution >= 4 is 23.1 Å². The van der Waals surface area contributed by atoms with E-state index in [0.29, 0.717) is 18.2 Å². The number of nitrogens with zero attached hydrogens (tertiary/aromatic N) is 2. The molecule has 0 unspecified atom stereocenters. The number of hydrogen-bond donors (Lipinski definition) is 2. The van der Waals surface area contributed by atoms with Gasteiger partial charge in [0, 0.05) is 22.8 Å². The zero-order valence-corrected chi connectivity index (χ0v) is 14.0. The fourth-order valence-electron chi connectivity index (χ4n) is 2.00. The third kappa shape index (κ3) is 4.11. The zero-order chi connectivity index (χ0) is 16.1. The van der Waals surface area contributed by atoms with E-state index in [9.17, 15) is 4.79 Å². The van der Waals surface area contributed by atoms with Gasteiger partial charge in [-0.1, -0.05) is 27.2 Å². The number of nitrogens with one attached hydrogen (secondary N) is 1. The number of carbonyl (C=O) groups excluding carboxylic acids is 1. The highest BCUT2D eigenvalue weighted by Gasteiger charge is 2.14. The number of hydrogen-bond acceptors (Lipinski definition) is 5. The number of thiazole rings is 1. The monoisotopic (exact) mass is 318 g/mol. The van der Waals surface area contributed by atoms with Crippen molar-refractivity contribution < 1.29 is 4.79 Å². The molecule has 0 radical (unpaired) electrons. The molecular weight excluding hydrogens is 296 g/mol. The normalized spacial score (nSPS) is 12.4. The molecule has 0 saturated carbocycles. The summed E-state index contributed by atoms with van der Waals surface area (Å²) in [5, 5.41) is 5.42. The van der Waals surface area contributed by atoms with Crippen molar-refractivity contribution in [3.8, 4) is 10.6 Å². The van der Waals surface area contributed by atoms with E-state index < -0.39 is 6.04 Å². The van der Waals surface area contributed by atoms with Crippen LogP contribution in [0.1, 0.15) is 45.2 Å². The first-order valence-electron chi connectivity index (χ1n) is 7.49. The van der Waals surface area contributed by atoms with E-state index in [-0.39, 0.29) is 5.91 Å². The van der Waals surface area contributed by atoms with Crippen LogP contribution < -0.4 is 11.1 Å². The summed E-state index contributed by atoms with van der Waals surface area (Å²) < 4.78 is 0. The van der Waals surface area contributed by atoms with Gasteiger partial charge in [-0.3, -0.25) is 9.78 Å². The lowest BCUT2D eigenvalue weighted by Crippen LogP contribution is -2.35. The summed E-state index contributed by atoms with van der Waals surface area (Å²) >= 11 is 1.48. The average molecular weight is 318 g/mol. The minimum atomic E-state index is -0.484. The van der Waals surface area contributed by atoms with Crippen molar-refractivity contribution in [3.05, 3.63) is 29.4 Å². The van der Waals surface area contributed by atoms with Crippen molar-refractivity contribution in [2.24, 2.45) is 5.73 Å². The minimum Gasteiger partial charge on any atom is -0.320 e. The minimum absolute atomic E-state index is 0.188. The Bertz CT molecular complexity index is 621. The largest absolute Gasteiger partial charge is 0.320 e. The first-order chi connectivity index (χ1) is 10.5. The molecule has 6 heteroatoms. The van der Waals surface area contributed by atoms with Crippen LogP contribution in [0, 0.1) is 0 Å². The molecule has 2 aromatic heterocycles. The molecule has 0 aliphatic heterocycles. The number of pyridine rings is 1. The molecule has 5 nitrogen and oxygen atoms in total. The van der Waals surface area contributed by atoms with E-state index in [1.165, 1.54) is 11.3 Å². The number of nitrogens with two attached hydrogens (primary N) is 1. The average Bonchev–Trinajstić information content (AvgIpc) is 2.96. The summed E-state index contributed by atoms with van der Waals surface area (Å²) in [6.07, 6.45) is 3.37. The molecule has 2 heterocycles. The van der Waals surface area contributed by atoms with Gasteiger partial charge in [-0.05, 0) is 24.5 Å². The Hall–Kier alpha value is -1.79. The van der Waals surface area contributed by atoms with E-state index in [4.69, 9.17) is 5.73 Å². The highest BCUT2D eigenvalue weighted by Crippen LogP contribution is 2.26. The van der Waals surface area contributed by atoms with Gasteiger partial charge in [0.2, 0.25) is 5.91 Å². The summed E-state index contributed by atoms with van der Waals surface area (Å²) in [6, 6.07) is 3.54. The second kappa shape index (κ2) is 7.47. The van der Waals surface area contributed by atoms with Crippen LogP contribution in [0.25, 0.3) is 10.6 Å². The molecule has 1 amide bonds. The van der Waals surface area contributed by atoms with Crippen molar-refractivity contribution in [2.75, 3.05) is 5.32 Å². The summed E-state index contributed by atoms with van der Waals surface area (Å²) in [6.45, 7) is 6.22. The third-order valence-electron chi connectivity index (χ3n) is 3.32. The van der Waals surface area contributed by atoms with Crippen LogP contribution in [0.5, 0.6) is 0 Å². The van der Waals surface area contributed by atoms with Crippen molar-refractivity contribution in [1.82, 2.24) is 9.97 Å². The lowest BCUT2D eigenvalue weighted by molar-refractivity contribution is -0.117. The molecule has 0 fully saturated rings. The number of carbonyl (C=O) groups is 1. The Balaban J connectivity index is 2.06. The predicted octanol–water partition coefficient (Wildman–Crippen LogP) is 3.39. The second-order valence-corrected chi connectivity index (χ2v) is 6.41. The maximum absolute atomic E-state index is 11.9. The van der Waals surface area contributed by atoms with Crippen LogP contribution >= 0.6 is 11.3 Å². The molecule has 3 N–H and O–H groups in total. The van der Waals surface area contributed by atoms with Gasteiger partial charge in [0.05, 0.1) is 6.04 Å². The van der Waals surface area contributed by atoms with Crippen LogP contribution in [0.3, 0.4) is 0 Å². The highest BCUT2D eigenvalue weighted by atomic mass is 32.1. The van der Waals surface area contributed by atoms with Crippen LogP contribution in [0.4, 0.5) is 5.82 Å². The number of amides is 1. The first kappa shape index (κ1) is 16.6. The molecule has 0 spiro atoms. The Morgan fingerprint density at radius 3 is 2.77 bits per heavy atom. The van der Waals surface area contributed by atoms with Crippen LogP contribution in [-0.4, -0.2) is 21.9 Å². The predicted molar refractivity (Wildman–Crippen MR) is 90.9 cm³/mol. The maximum Gasteiger partial charge on any atom is 0.242 e. The molecular formula is C16H22N4OS. The van der Waals surface area contributed by atoms with Crippen LogP contribution in [0.15, 0.2) is 23.7 Å². The van der Waals surface area contributed by atoms with Gasteiger partial charge in [0.15, 0.2) is 0 Å².